The van der Waals surface area contributed by atoms with Crippen LogP contribution in [0, 0.1) is 5.41 Å². The van der Waals surface area contributed by atoms with Crippen LogP contribution in [0.1, 0.15) is 31.4 Å². The molecule has 2 heterocycles. The van der Waals surface area contributed by atoms with Gasteiger partial charge in [0.15, 0.2) is 9.84 Å². The highest BCUT2D eigenvalue weighted by molar-refractivity contribution is 7.90. The van der Waals surface area contributed by atoms with Gasteiger partial charge in [0.2, 0.25) is 0 Å². The van der Waals surface area contributed by atoms with Crippen molar-refractivity contribution in [2.24, 2.45) is 5.41 Å². The fraction of sp³-hybridized carbons (Fsp3) is 0.625. The Labute approximate surface area is 139 Å². The van der Waals surface area contributed by atoms with Gasteiger partial charge in [-0.3, -0.25) is 4.90 Å². The first-order chi connectivity index (χ1) is 9.90. The molecule has 2 atom stereocenters. The number of halogens is 1. The number of hydrogen-bond acceptors (Lipinski definition) is 4. The van der Waals surface area contributed by atoms with Crippen LogP contribution in [0.15, 0.2) is 29.2 Å². The van der Waals surface area contributed by atoms with E-state index in [2.05, 4.69) is 17.1 Å². The summed E-state index contributed by atoms with van der Waals surface area (Å²) in [5, 5.41) is 3.48. The quantitative estimate of drug-likeness (QED) is 0.913. The second-order valence-corrected chi connectivity index (χ2v) is 8.68. The molecule has 2 aliphatic heterocycles. The Morgan fingerprint density at radius 2 is 1.91 bits per heavy atom. The highest BCUT2D eigenvalue weighted by Crippen LogP contribution is 2.39. The van der Waals surface area contributed by atoms with Crippen molar-refractivity contribution in [2.45, 2.75) is 30.7 Å². The molecule has 0 bridgehead atoms. The van der Waals surface area contributed by atoms with Crippen LogP contribution in [0.2, 0.25) is 0 Å². The van der Waals surface area contributed by atoms with E-state index in [0.717, 1.165) is 26.2 Å². The molecule has 0 aliphatic carbocycles. The minimum atomic E-state index is -3.10. The second kappa shape index (κ2) is 6.48. The molecular weight excluding hydrogens is 320 g/mol. The summed E-state index contributed by atoms with van der Waals surface area (Å²) in [5.74, 6) is 0. The molecule has 2 unspecified atom stereocenters. The molecule has 1 aromatic carbocycles. The summed E-state index contributed by atoms with van der Waals surface area (Å²) >= 11 is 0. The maximum atomic E-state index is 11.5. The molecule has 22 heavy (non-hydrogen) atoms. The third-order valence-electron chi connectivity index (χ3n) is 5.14. The van der Waals surface area contributed by atoms with E-state index in [1.165, 1.54) is 24.7 Å². The van der Waals surface area contributed by atoms with Gasteiger partial charge in [-0.05, 0) is 56.0 Å². The lowest BCUT2D eigenvalue weighted by Crippen LogP contribution is -2.30. The zero-order valence-corrected chi connectivity index (χ0v) is 14.8. The highest BCUT2D eigenvalue weighted by atomic mass is 35.5. The summed E-state index contributed by atoms with van der Waals surface area (Å²) in [6.45, 7) is 6.79. The minimum absolute atomic E-state index is 0. The third-order valence-corrected chi connectivity index (χ3v) is 6.27. The average molecular weight is 345 g/mol. The molecule has 0 saturated carbocycles. The van der Waals surface area contributed by atoms with E-state index >= 15 is 0 Å². The molecule has 2 saturated heterocycles. The van der Waals surface area contributed by atoms with Crippen molar-refractivity contribution >= 4 is 22.2 Å². The summed E-state index contributed by atoms with van der Waals surface area (Å²) < 4.78 is 23.0. The first-order valence-electron chi connectivity index (χ1n) is 7.65. The Morgan fingerprint density at radius 1 is 1.23 bits per heavy atom. The van der Waals surface area contributed by atoms with Crippen molar-refractivity contribution in [3.8, 4) is 0 Å². The van der Waals surface area contributed by atoms with E-state index in [9.17, 15) is 8.42 Å². The van der Waals surface area contributed by atoms with Gasteiger partial charge in [0.25, 0.3) is 0 Å². The summed E-state index contributed by atoms with van der Waals surface area (Å²) in [6.07, 6.45) is 3.80. The number of sulfone groups is 1. The third kappa shape index (κ3) is 3.48. The first kappa shape index (κ1) is 17.7. The lowest BCUT2D eigenvalue weighted by atomic mass is 9.86. The van der Waals surface area contributed by atoms with Crippen LogP contribution in [0.3, 0.4) is 0 Å². The Morgan fingerprint density at radius 3 is 2.45 bits per heavy atom. The van der Waals surface area contributed by atoms with Crippen molar-refractivity contribution in [3.63, 3.8) is 0 Å². The van der Waals surface area contributed by atoms with Crippen LogP contribution in [0.5, 0.6) is 0 Å². The number of hydrogen-bond donors (Lipinski definition) is 1. The lowest BCUT2D eigenvalue weighted by molar-refractivity contribution is 0.224. The number of nitrogens with zero attached hydrogens (tertiary/aromatic N) is 1. The Balaban J connectivity index is 0.00000176. The number of benzene rings is 1. The van der Waals surface area contributed by atoms with Gasteiger partial charge in [0, 0.05) is 25.4 Å². The van der Waals surface area contributed by atoms with Gasteiger partial charge >= 0.3 is 0 Å². The van der Waals surface area contributed by atoms with Gasteiger partial charge in [0.1, 0.15) is 0 Å². The van der Waals surface area contributed by atoms with Crippen LogP contribution in [0.25, 0.3) is 0 Å². The van der Waals surface area contributed by atoms with E-state index in [1.54, 1.807) is 12.1 Å². The minimum Gasteiger partial charge on any atom is -0.316 e. The lowest BCUT2D eigenvalue weighted by Gasteiger charge is -2.27. The molecule has 124 valence electrons. The topological polar surface area (TPSA) is 49.4 Å². The molecule has 3 rings (SSSR count). The van der Waals surface area contributed by atoms with Gasteiger partial charge in [-0.2, -0.15) is 0 Å². The molecule has 2 aliphatic rings. The summed E-state index contributed by atoms with van der Waals surface area (Å²) in [7, 11) is -3.10. The van der Waals surface area contributed by atoms with Gasteiger partial charge in [0.05, 0.1) is 4.90 Å². The van der Waals surface area contributed by atoms with Crippen molar-refractivity contribution in [1.82, 2.24) is 10.2 Å². The van der Waals surface area contributed by atoms with Gasteiger partial charge in [-0.1, -0.05) is 12.1 Å². The maximum absolute atomic E-state index is 11.5. The van der Waals surface area contributed by atoms with Crippen LogP contribution in [0.4, 0.5) is 0 Å². The Kier molecular flexibility index (Phi) is 5.22. The molecule has 1 aromatic rings. The number of nitrogens with one attached hydrogen (secondary N) is 1. The van der Waals surface area contributed by atoms with Crippen LogP contribution in [-0.2, 0) is 9.84 Å². The van der Waals surface area contributed by atoms with E-state index in [-0.39, 0.29) is 12.4 Å². The first-order valence-corrected chi connectivity index (χ1v) is 9.54. The standard InChI is InChI=1S/C16H24N2O2S.ClH/c1-13(14-3-5-15(6-4-14)21(2,19)20)18-10-8-16(12-18)7-9-17-11-16;/h3-6,13,17H,7-12H2,1-2H3;1H. The zero-order valence-electron chi connectivity index (χ0n) is 13.2. The normalized spacial score (nSPS) is 27.0. The van der Waals surface area contributed by atoms with Gasteiger partial charge in [-0.25, -0.2) is 8.42 Å². The molecular formula is C16H25ClN2O2S. The SMILES string of the molecule is CC(c1ccc(S(C)(=O)=O)cc1)N1CCC2(CCNC2)C1.Cl. The molecule has 2 fully saturated rings. The molecule has 1 spiro atoms. The Bertz CT molecular complexity index is 610. The number of likely N-dealkylation sites (tertiary alicyclic amines) is 1. The smallest absolute Gasteiger partial charge is 0.175 e. The van der Waals surface area contributed by atoms with Crippen molar-refractivity contribution in [3.05, 3.63) is 29.8 Å². The fourth-order valence-corrected chi connectivity index (χ4v) is 4.28. The van der Waals surface area contributed by atoms with Crippen LogP contribution >= 0.6 is 12.4 Å². The van der Waals surface area contributed by atoms with Gasteiger partial charge in [-0.15, -0.1) is 12.4 Å². The van der Waals surface area contributed by atoms with Gasteiger partial charge < -0.3 is 5.32 Å². The van der Waals surface area contributed by atoms with E-state index in [0.29, 0.717) is 16.4 Å². The maximum Gasteiger partial charge on any atom is 0.175 e. The average Bonchev–Trinajstić information content (AvgIpc) is 3.08. The van der Waals surface area contributed by atoms with Crippen molar-refractivity contribution in [2.75, 3.05) is 32.4 Å². The Hall–Kier alpha value is -0.620. The zero-order chi connectivity index (χ0) is 15.1. The largest absolute Gasteiger partial charge is 0.316 e. The second-order valence-electron chi connectivity index (χ2n) is 6.66. The number of rotatable bonds is 3. The van der Waals surface area contributed by atoms with Crippen molar-refractivity contribution < 1.29 is 8.42 Å². The molecule has 4 nitrogen and oxygen atoms in total. The summed E-state index contributed by atoms with van der Waals surface area (Å²) in [5.41, 5.74) is 1.67. The predicted molar refractivity (Wildman–Crippen MR) is 91.3 cm³/mol. The highest BCUT2D eigenvalue weighted by Gasteiger charge is 2.41. The molecule has 6 heteroatoms. The van der Waals surface area contributed by atoms with Crippen LogP contribution < -0.4 is 5.32 Å². The van der Waals surface area contributed by atoms with E-state index in [4.69, 9.17) is 0 Å². The van der Waals surface area contributed by atoms with E-state index in [1.807, 2.05) is 12.1 Å². The van der Waals surface area contributed by atoms with E-state index < -0.39 is 9.84 Å². The van der Waals surface area contributed by atoms with Crippen molar-refractivity contribution in [1.29, 1.82) is 0 Å². The van der Waals surface area contributed by atoms with Crippen LogP contribution in [-0.4, -0.2) is 45.8 Å². The predicted octanol–water partition coefficient (Wildman–Crippen LogP) is 2.26. The summed E-state index contributed by atoms with van der Waals surface area (Å²) in [4.78, 5) is 2.93. The monoisotopic (exact) mass is 344 g/mol. The fourth-order valence-electron chi connectivity index (χ4n) is 3.65. The molecule has 1 N–H and O–H groups in total. The summed E-state index contributed by atoms with van der Waals surface area (Å²) in [6, 6.07) is 7.71. The molecule has 0 aromatic heterocycles. The molecule has 0 amide bonds. The molecule has 0 radical (unpaired) electrons.